The Bertz CT molecular complexity index is 1060. The van der Waals surface area contributed by atoms with Gasteiger partial charge in [0.15, 0.2) is 0 Å². The van der Waals surface area contributed by atoms with E-state index in [0.717, 1.165) is 15.6 Å². The van der Waals surface area contributed by atoms with E-state index in [0.29, 0.717) is 17.4 Å². The van der Waals surface area contributed by atoms with Crippen LogP contribution >= 0.6 is 15.9 Å². The summed E-state index contributed by atoms with van der Waals surface area (Å²) >= 11 is 3.24. The van der Waals surface area contributed by atoms with Crippen LogP contribution in [0.5, 0.6) is 0 Å². The molecule has 0 saturated heterocycles. The molecular formula is C18H19BrN4O3S. The fraction of sp³-hybridized carbons (Fsp3) is 0.222. The number of carbonyl (C=O) groups excluding carboxylic acids is 1. The second-order valence-corrected chi connectivity index (χ2v) is 9.11. The third-order valence-corrected chi connectivity index (χ3v) is 6.84. The SMILES string of the molecule is CN(C)S(=O)(=O)c1cc(C(=O)NCCc2cn3ccccc3n2)ccc1Br. The number of rotatable bonds is 6. The highest BCUT2D eigenvalue weighted by molar-refractivity contribution is 9.10. The molecule has 2 heterocycles. The van der Waals surface area contributed by atoms with Crippen molar-refractivity contribution >= 4 is 37.5 Å². The van der Waals surface area contributed by atoms with Crippen molar-refractivity contribution < 1.29 is 13.2 Å². The minimum absolute atomic E-state index is 0.0560. The number of fused-ring (bicyclic) bond motifs is 1. The normalized spacial score (nSPS) is 11.9. The Labute approximate surface area is 166 Å². The molecule has 3 aromatic rings. The van der Waals surface area contributed by atoms with E-state index in [4.69, 9.17) is 0 Å². The van der Waals surface area contributed by atoms with Gasteiger partial charge in [0, 0.05) is 49.5 Å². The van der Waals surface area contributed by atoms with Gasteiger partial charge in [0.05, 0.1) is 10.6 Å². The van der Waals surface area contributed by atoms with Crippen LogP contribution in [0.15, 0.2) is 58.2 Å². The maximum atomic E-state index is 12.4. The van der Waals surface area contributed by atoms with Crippen molar-refractivity contribution in [1.82, 2.24) is 19.0 Å². The average molecular weight is 451 g/mol. The van der Waals surface area contributed by atoms with E-state index in [1.54, 1.807) is 12.1 Å². The van der Waals surface area contributed by atoms with Crippen molar-refractivity contribution in [1.29, 1.82) is 0 Å². The van der Waals surface area contributed by atoms with Crippen molar-refractivity contribution in [2.24, 2.45) is 0 Å². The summed E-state index contributed by atoms with van der Waals surface area (Å²) in [7, 11) is -0.753. The lowest BCUT2D eigenvalue weighted by atomic mass is 10.2. The molecule has 0 bridgehead atoms. The summed E-state index contributed by atoms with van der Waals surface area (Å²) in [5, 5.41) is 2.81. The number of hydrogen-bond acceptors (Lipinski definition) is 4. The molecule has 2 aromatic heterocycles. The number of amides is 1. The first-order valence-corrected chi connectivity index (χ1v) is 10.5. The molecule has 7 nitrogen and oxygen atoms in total. The standard InChI is InChI=1S/C18H19BrN4O3S/c1-22(2)27(25,26)16-11-13(6-7-15(16)19)18(24)20-9-8-14-12-23-10-4-3-5-17(23)21-14/h3-7,10-12H,8-9H2,1-2H3,(H,20,24). The molecule has 0 fully saturated rings. The number of benzene rings is 1. The Balaban J connectivity index is 1.69. The third kappa shape index (κ3) is 4.20. The number of hydrogen-bond donors (Lipinski definition) is 1. The molecule has 27 heavy (non-hydrogen) atoms. The molecule has 0 saturated carbocycles. The molecule has 0 aliphatic carbocycles. The lowest BCUT2D eigenvalue weighted by molar-refractivity contribution is 0.0954. The Morgan fingerprint density at radius 3 is 2.74 bits per heavy atom. The van der Waals surface area contributed by atoms with E-state index in [1.807, 2.05) is 35.0 Å². The fourth-order valence-electron chi connectivity index (χ4n) is 2.55. The van der Waals surface area contributed by atoms with Crippen molar-refractivity contribution in [2.45, 2.75) is 11.3 Å². The summed E-state index contributed by atoms with van der Waals surface area (Å²) < 4.78 is 28.2. The summed E-state index contributed by atoms with van der Waals surface area (Å²) in [5.41, 5.74) is 2.01. The number of nitrogens with zero attached hydrogens (tertiary/aromatic N) is 3. The number of carbonyl (C=O) groups is 1. The van der Waals surface area contributed by atoms with Crippen LogP contribution in [0.4, 0.5) is 0 Å². The summed E-state index contributed by atoms with van der Waals surface area (Å²) in [6, 6.07) is 10.3. The van der Waals surface area contributed by atoms with Gasteiger partial charge in [-0.1, -0.05) is 6.07 Å². The van der Waals surface area contributed by atoms with Crippen molar-refractivity contribution in [3.05, 3.63) is 64.5 Å². The maximum absolute atomic E-state index is 12.4. The van der Waals surface area contributed by atoms with Crippen LogP contribution in [-0.2, 0) is 16.4 Å². The van der Waals surface area contributed by atoms with Gasteiger partial charge in [0.1, 0.15) is 5.65 Å². The van der Waals surface area contributed by atoms with Gasteiger partial charge < -0.3 is 9.72 Å². The Hall–Kier alpha value is -2.23. The summed E-state index contributed by atoms with van der Waals surface area (Å²) in [5.74, 6) is -0.332. The first-order valence-electron chi connectivity index (χ1n) is 8.22. The Morgan fingerprint density at radius 2 is 2.04 bits per heavy atom. The molecule has 0 unspecified atom stereocenters. The zero-order valence-electron chi connectivity index (χ0n) is 14.9. The summed E-state index contributed by atoms with van der Waals surface area (Å²) in [6.07, 6.45) is 4.41. The first kappa shape index (κ1) is 19.5. The van der Waals surface area contributed by atoms with Crippen molar-refractivity contribution in [2.75, 3.05) is 20.6 Å². The lowest BCUT2D eigenvalue weighted by Crippen LogP contribution is -2.27. The molecule has 3 rings (SSSR count). The predicted octanol–water partition coefficient (Wildman–Crippen LogP) is 2.32. The molecule has 0 atom stereocenters. The number of imidazole rings is 1. The second-order valence-electron chi connectivity index (χ2n) is 6.14. The van der Waals surface area contributed by atoms with Crippen LogP contribution < -0.4 is 5.32 Å². The largest absolute Gasteiger partial charge is 0.352 e. The highest BCUT2D eigenvalue weighted by Crippen LogP contribution is 2.25. The minimum atomic E-state index is -3.65. The molecule has 1 aromatic carbocycles. The van der Waals surface area contributed by atoms with Crippen LogP contribution in [0, 0.1) is 0 Å². The molecular weight excluding hydrogens is 432 g/mol. The molecule has 1 N–H and O–H groups in total. The van der Waals surface area contributed by atoms with E-state index < -0.39 is 10.0 Å². The number of pyridine rings is 1. The van der Waals surface area contributed by atoms with Crippen LogP contribution in [0.25, 0.3) is 5.65 Å². The zero-order chi connectivity index (χ0) is 19.6. The third-order valence-electron chi connectivity index (χ3n) is 4.03. The van der Waals surface area contributed by atoms with Gasteiger partial charge in [0.25, 0.3) is 5.91 Å². The minimum Gasteiger partial charge on any atom is -0.352 e. The van der Waals surface area contributed by atoms with E-state index >= 15 is 0 Å². The van der Waals surface area contributed by atoms with Gasteiger partial charge in [-0.2, -0.15) is 0 Å². The molecule has 0 radical (unpaired) electrons. The summed E-state index contributed by atoms with van der Waals surface area (Å²) in [4.78, 5) is 16.9. The smallest absolute Gasteiger partial charge is 0.251 e. The van der Waals surface area contributed by atoms with Gasteiger partial charge in [-0.15, -0.1) is 0 Å². The molecule has 0 aliphatic rings. The van der Waals surface area contributed by atoms with E-state index in [9.17, 15) is 13.2 Å². The van der Waals surface area contributed by atoms with Crippen LogP contribution in [0.1, 0.15) is 16.1 Å². The molecule has 9 heteroatoms. The zero-order valence-corrected chi connectivity index (χ0v) is 17.3. The molecule has 1 amide bonds. The highest BCUT2D eigenvalue weighted by Gasteiger charge is 2.22. The van der Waals surface area contributed by atoms with Crippen molar-refractivity contribution in [3.8, 4) is 0 Å². The Morgan fingerprint density at radius 1 is 1.26 bits per heavy atom. The lowest BCUT2D eigenvalue weighted by Gasteiger charge is -2.14. The van der Waals surface area contributed by atoms with Gasteiger partial charge in [0.2, 0.25) is 10.0 Å². The quantitative estimate of drug-likeness (QED) is 0.624. The van der Waals surface area contributed by atoms with Gasteiger partial charge in [-0.05, 0) is 46.3 Å². The molecule has 0 spiro atoms. The van der Waals surface area contributed by atoms with Crippen LogP contribution in [0.2, 0.25) is 0 Å². The fourth-order valence-corrected chi connectivity index (χ4v) is 4.40. The average Bonchev–Trinajstić information content (AvgIpc) is 3.04. The van der Waals surface area contributed by atoms with Gasteiger partial charge >= 0.3 is 0 Å². The number of halogens is 1. The van der Waals surface area contributed by atoms with Crippen LogP contribution in [-0.4, -0.2) is 48.7 Å². The first-order chi connectivity index (χ1) is 12.8. The highest BCUT2D eigenvalue weighted by atomic mass is 79.9. The van der Waals surface area contributed by atoms with E-state index in [-0.39, 0.29) is 16.4 Å². The summed E-state index contributed by atoms with van der Waals surface area (Å²) in [6.45, 7) is 0.397. The van der Waals surface area contributed by atoms with E-state index in [1.165, 1.54) is 20.2 Å². The van der Waals surface area contributed by atoms with Crippen LogP contribution in [0.3, 0.4) is 0 Å². The van der Waals surface area contributed by atoms with Crippen molar-refractivity contribution in [3.63, 3.8) is 0 Å². The monoisotopic (exact) mass is 450 g/mol. The van der Waals surface area contributed by atoms with Gasteiger partial charge in [-0.3, -0.25) is 4.79 Å². The molecule has 0 aliphatic heterocycles. The molecule has 142 valence electrons. The topological polar surface area (TPSA) is 83.8 Å². The van der Waals surface area contributed by atoms with E-state index in [2.05, 4.69) is 26.2 Å². The number of aromatic nitrogens is 2. The van der Waals surface area contributed by atoms with Gasteiger partial charge in [-0.25, -0.2) is 17.7 Å². The predicted molar refractivity (Wildman–Crippen MR) is 106 cm³/mol. The maximum Gasteiger partial charge on any atom is 0.251 e. The Kier molecular flexibility index (Phi) is 5.64. The number of nitrogens with one attached hydrogen (secondary N) is 1. The second kappa shape index (κ2) is 7.79. The number of sulfonamides is 1.